The van der Waals surface area contributed by atoms with Crippen molar-refractivity contribution in [1.29, 1.82) is 0 Å². The SMILES string of the molecule is CCC(C)CC(C)NCC1OCCc2ccccc21. The molecule has 1 N–H and O–H groups in total. The normalized spacial score (nSPS) is 21.7. The molecule has 19 heavy (non-hydrogen) atoms. The molecule has 0 saturated heterocycles. The zero-order valence-electron chi connectivity index (χ0n) is 12.5. The van der Waals surface area contributed by atoms with Crippen molar-refractivity contribution in [3.05, 3.63) is 35.4 Å². The molecule has 0 radical (unpaired) electrons. The van der Waals surface area contributed by atoms with Crippen LogP contribution in [0.1, 0.15) is 50.8 Å². The van der Waals surface area contributed by atoms with Gasteiger partial charge in [-0.1, -0.05) is 44.5 Å². The molecule has 3 unspecified atom stereocenters. The van der Waals surface area contributed by atoms with Crippen molar-refractivity contribution in [3.8, 4) is 0 Å². The summed E-state index contributed by atoms with van der Waals surface area (Å²) < 4.78 is 5.92. The summed E-state index contributed by atoms with van der Waals surface area (Å²) in [6.45, 7) is 8.64. The molecule has 2 heteroatoms. The summed E-state index contributed by atoms with van der Waals surface area (Å²) in [6, 6.07) is 9.24. The van der Waals surface area contributed by atoms with E-state index >= 15 is 0 Å². The highest BCUT2D eigenvalue weighted by atomic mass is 16.5. The standard InChI is InChI=1S/C17H27NO/c1-4-13(2)11-14(3)18-12-17-16-8-6-5-7-15(16)9-10-19-17/h5-8,13-14,17-18H,4,9-12H2,1-3H3. The first kappa shape index (κ1) is 14.5. The highest BCUT2D eigenvalue weighted by molar-refractivity contribution is 5.31. The Kier molecular flexibility index (Phi) is 5.41. The fourth-order valence-corrected chi connectivity index (χ4v) is 2.81. The Balaban J connectivity index is 1.87. The summed E-state index contributed by atoms with van der Waals surface area (Å²) in [5.41, 5.74) is 2.83. The summed E-state index contributed by atoms with van der Waals surface area (Å²) in [5.74, 6) is 0.794. The lowest BCUT2D eigenvalue weighted by Gasteiger charge is -2.28. The van der Waals surface area contributed by atoms with Crippen LogP contribution in [0.25, 0.3) is 0 Å². The molecular weight excluding hydrogens is 234 g/mol. The molecule has 0 saturated carbocycles. The van der Waals surface area contributed by atoms with Crippen molar-refractivity contribution >= 4 is 0 Å². The number of fused-ring (bicyclic) bond motifs is 1. The molecule has 1 aromatic carbocycles. The van der Waals surface area contributed by atoms with Gasteiger partial charge >= 0.3 is 0 Å². The molecule has 0 aliphatic carbocycles. The third-order valence-corrected chi connectivity index (χ3v) is 4.20. The smallest absolute Gasteiger partial charge is 0.0952 e. The first-order valence-electron chi connectivity index (χ1n) is 7.63. The lowest BCUT2D eigenvalue weighted by atomic mass is 9.96. The van der Waals surface area contributed by atoms with Gasteiger partial charge in [0.2, 0.25) is 0 Å². The van der Waals surface area contributed by atoms with E-state index in [-0.39, 0.29) is 6.10 Å². The Morgan fingerprint density at radius 3 is 2.89 bits per heavy atom. The first-order valence-corrected chi connectivity index (χ1v) is 7.63. The average Bonchev–Trinajstić information content (AvgIpc) is 2.44. The average molecular weight is 261 g/mol. The molecule has 0 spiro atoms. The summed E-state index contributed by atoms with van der Waals surface area (Å²) in [5, 5.41) is 3.63. The Morgan fingerprint density at radius 2 is 2.11 bits per heavy atom. The van der Waals surface area contributed by atoms with Gasteiger partial charge in [0.15, 0.2) is 0 Å². The van der Waals surface area contributed by atoms with Gasteiger partial charge < -0.3 is 10.1 Å². The van der Waals surface area contributed by atoms with Gasteiger partial charge in [0, 0.05) is 12.6 Å². The summed E-state index contributed by atoms with van der Waals surface area (Å²) in [4.78, 5) is 0. The number of ether oxygens (including phenoxy) is 1. The third kappa shape index (κ3) is 4.05. The molecule has 0 bridgehead atoms. The molecule has 1 aliphatic rings. The minimum absolute atomic E-state index is 0.226. The maximum atomic E-state index is 5.92. The molecule has 2 nitrogen and oxygen atoms in total. The minimum atomic E-state index is 0.226. The van der Waals surface area contributed by atoms with Crippen molar-refractivity contribution < 1.29 is 4.74 Å². The van der Waals surface area contributed by atoms with E-state index in [2.05, 4.69) is 50.4 Å². The minimum Gasteiger partial charge on any atom is -0.372 e. The molecule has 0 aromatic heterocycles. The summed E-state index contributed by atoms with van der Waals surface area (Å²) >= 11 is 0. The van der Waals surface area contributed by atoms with Crippen LogP contribution >= 0.6 is 0 Å². The van der Waals surface area contributed by atoms with Crippen LogP contribution in [0.4, 0.5) is 0 Å². The van der Waals surface area contributed by atoms with Crippen molar-refractivity contribution in [3.63, 3.8) is 0 Å². The fourth-order valence-electron chi connectivity index (χ4n) is 2.81. The van der Waals surface area contributed by atoms with Gasteiger partial charge in [0.25, 0.3) is 0 Å². The predicted molar refractivity (Wildman–Crippen MR) is 80.4 cm³/mol. The van der Waals surface area contributed by atoms with E-state index in [0.29, 0.717) is 6.04 Å². The molecule has 2 rings (SSSR count). The monoisotopic (exact) mass is 261 g/mol. The topological polar surface area (TPSA) is 21.3 Å². The highest BCUT2D eigenvalue weighted by Gasteiger charge is 2.20. The maximum absolute atomic E-state index is 5.92. The van der Waals surface area contributed by atoms with Crippen molar-refractivity contribution in [2.24, 2.45) is 5.92 Å². The molecule has 0 fully saturated rings. The molecule has 1 heterocycles. The predicted octanol–water partition coefficient (Wildman–Crippen LogP) is 3.71. The zero-order chi connectivity index (χ0) is 13.7. The second-order valence-corrected chi connectivity index (χ2v) is 5.87. The molecule has 1 aliphatic heterocycles. The number of hydrogen-bond acceptors (Lipinski definition) is 2. The second-order valence-electron chi connectivity index (χ2n) is 5.87. The van der Waals surface area contributed by atoms with E-state index < -0.39 is 0 Å². The summed E-state index contributed by atoms with van der Waals surface area (Å²) in [7, 11) is 0. The molecule has 3 atom stereocenters. The van der Waals surface area contributed by atoms with Gasteiger partial charge in [-0.2, -0.15) is 0 Å². The van der Waals surface area contributed by atoms with Crippen LogP contribution in [0.3, 0.4) is 0 Å². The highest BCUT2D eigenvalue weighted by Crippen LogP contribution is 2.26. The largest absolute Gasteiger partial charge is 0.372 e. The Labute approximate surface area is 117 Å². The van der Waals surface area contributed by atoms with E-state index in [1.54, 1.807) is 0 Å². The first-order chi connectivity index (χ1) is 9.20. The van der Waals surface area contributed by atoms with Gasteiger partial charge in [-0.15, -0.1) is 0 Å². The number of nitrogens with one attached hydrogen (secondary N) is 1. The van der Waals surface area contributed by atoms with Gasteiger partial charge in [-0.25, -0.2) is 0 Å². The Hall–Kier alpha value is -0.860. The van der Waals surface area contributed by atoms with E-state index in [4.69, 9.17) is 4.74 Å². The van der Waals surface area contributed by atoms with E-state index in [9.17, 15) is 0 Å². The molecule has 1 aromatic rings. The Morgan fingerprint density at radius 1 is 1.32 bits per heavy atom. The Bertz CT molecular complexity index is 391. The third-order valence-electron chi connectivity index (χ3n) is 4.20. The van der Waals surface area contributed by atoms with Crippen molar-refractivity contribution in [1.82, 2.24) is 5.32 Å². The van der Waals surface area contributed by atoms with Crippen molar-refractivity contribution in [2.75, 3.05) is 13.2 Å². The van der Waals surface area contributed by atoms with Crippen LogP contribution in [-0.4, -0.2) is 19.2 Å². The van der Waals surface area contributed by atoms with Crippen LogP contribution < -0.4 is 5.32 Å². The summed E-state index contributed by atoms with van der Waals surface area (Å²) in [6.07, 6.45) is 3.78. The number of rotatable bonds is 6. The van der Waals surface area contributed by atoms with Crippen LogP contribution in [-0.2, 0) is 11.2 Å². The van der Waals surface area contributed by atoms with E-state index in [1.807, 2.05) is 0 Å². The van der Waals surface area contributed by atoms with Crippen LogP contribution in [0, 0.1) is 5.92 Å². The fraction of sp³-hybridized carbons (Fsp3) is 0.647. The number of benzene rings is 1. The lowest BCUT2D eigenvalue weighted by Crippen LogP contribution is -2.34. The molecule has 0 amide bonds. The van der Waals surface area contributed by atoms with Crippen LogP contribution in [0.2, 0.25) is 0 Å². The van der Waals surface area contributed by atoms with E-state index in [1.165, 1.54) is 24.0 Å². The van der Waals surface area contributed by atoms with Gasteiger partial charge in [-0.3, -0.25) is 0 Å². The lowest BCUT2D eigenvalue weighted by molar-refractivity contribution is 0.0405. The van der Waals surface area contributed by atoms with Gasteiger partial charge in [0.05, 0.1) is 12.7 Å². The van der Waals surface area contributed by atoms with Gasteiger partial charge in [-0.05, 0) is 36.8 Å². The zero-order valence-corrected chi connectivity index (χ0v) is 12.5. The molecule has 106 valence electrons. The quantitative estimate of drug-likeness (QED) is 0.843. The van der Waals surface area contributed by atoms with Crippen molar-refractivity contribution in [2.45, 2.75) is 52.2 Å². The molecular formula is C17H27NO. The van der Waals surface area contributed by atoms with Crippen LogP contribution in [0.15, 0.2) is 24.3 Å². The van der Waals surface area contributed by atoms with Gasteiger partial charge in [0.1, 0.15) is 0 Å². The van der Waals surface area contributed by atoms with E-state index in [0.717, 1.165) is 25.5 Å². The number of hydrogen-bond donors (Lipinski definition) is 1. The maximum Gasteiger partial charge on any atom is 0.0952 e. The second kappa shape index (κ2) is 7.06. The van der Waals surface area contributed by atoms with Crippen LogP contribution in [0.5, 0.6) is 0 Å².